The van der Waals surface area contributed by atoms with Gasteiger partial charge in [-0.3, -0.25) is 0 Å². The van der Waals surface area contributed by atoms with Gasteiger partial charge in [-0.2, -0.15) is 5.26 Å². The molecule has 0 saturated carbocycles. The summed E-state index contributed by atoms with van der Waals surface area (Å²) in [6.45, 7) is 1.75. The summed E-state index contributed by atoms with van der Waals surface area (Å²) >= 11 is 5.11. The number of phenols is 1. The van der Waals surface area contributed by atoms with Crippen LogP contribution in [0.3, 0.4) is 0 Å². The maximum Gasteiger partial charge on any atom is 0.123 e. The largest absolute Gasteiger partial charge is 0.508 e. The minimum absolute atomic E-state index is 0.165. The fourth-order valence-corrected chi connectivity index (χ4v) is 2.26. The molecule has 0 unspecified atom stereocenters. The molecule has 1 aromatic carbocycles. The number of nitriles is 1. The molecule has 1 heterocycles. The summed E-state index contributed by atoms with van der Waals surface area (Å²) in [6, 6.07) is 6.97. The molecule has 0 aliphatic heterocycles. The summed E-state index contributed by atoms with van der Waals surface area (Å²) in [4.78, 5) is 2.71. The molecule has 0 spiro atoms. The van der Waals surface area contributed by atoms with Gasteiger partial charge < -0.3 is 21.2 Å². The molecule has 100 valence electrons. The number of aromatic amines is 1. The Morgan fingerprint density at radius 1 is 1.50 bits per heavy atom. The van der Waals surface area contributed by atoms with Gasteiger partial charge in [0.25, 0.3) is 0 Å². The van der Waals surface area contributed by atoms with Crippen LogP contribution in [0.15, 0.2) is 18.2 Å². The van der Waals surface area contributed by atoms with Crippen LogP contribution in [-0.4, -0.2) is 16.3 Å². The van der Waals surface area contributed by atoms with Crippen LogP contribution in [0.2, 0.25) is 0 Å². The van der Waals surface area contributed by atoms with Gasteiger partial charge in [-0.1, -0.05) is 18.3 Å². The lowest BCUT2D eigenvalue weighted by atomic mass is 9.95. The number of aromatic nitrogens is 1. The quantitative estimate of drug-likeness (QED) is 0.502. The number of nitrogens with two attached hydrogens (primary N) is 1. The molecule has 2 aromatic rings. The minimum atomic E-state index is 0.165. The van der Waals surface area contributed by atoms with E-state index in [2.05, 4.69) is 4.98 Å². The minimum Gasteiger partial charge on any atom is -0.508 e. The monoisotopic (exact) mass is 284 g/mol. The first kappa shape index (κ1) is 13.8. The van der Waals surface area contributed by atoms with E-state index in [0.29, 0.717) is 22.3 Å². The van der Waals surface area contributed by atoms with Crippen LogP contribution >= 0.6 is 12.2 Å². The number of aryl methyl sites for hydroxylation is 1. The number of nitrogens with one attached hydrogen (secondary N) is 2. The topological polar surface area (TPSA) is 110 Å². The van der Waals surface area contributed by atoms with Crippen LogP contribution in [-0.2, 0) is 0 Å². The van der Waals surface area contributed by atoms with Gasteiger partial charge in [0.1, 0.15) is 22.3 Å². The van der Waals surface area contributed by atoms with Crippen molar-refractivity contribution in [1.82, 2.24) is 4.98 Å². The van der Waals surface area contributed by atoms with Gasteiger partial charge in [-0.05, 0) is 30.2 Å². The normalized spacial score (nSPS) is 10.0. The van der Waals surface area contributed by atoms with Crippen LogP contribution in [0.1, 0.15) is 16.7 Å². The lowest BCUT2D eigenvalue weighted by Crippen LogP contribution is -2.03. The predicted molar refractivity (Wildman–Crippen MR) is 80.5 cm³/mol. The summed E-state index contributed by atoms with van der Waals surface area (Å²) < 4.78 is 0.233. The molecule has 0 bridgehead atoms. The van der Waals surface area contributed by atoms with E-state index < -0.39 is 0 Å². The molecule has 2 rings (SSSR count). The molecule has 5 N–H and O–H groups in total. The molecular weight excluding hydrogens is 272 g/mol. The molecule has 5 nitrogen and oxygen atoms in total. The highest BCUT2D eigenvalue weighted by molar-refractivity contribution is 7.71. The molecule has 6 heteroatoms. The van der Waals surface area contributed by atoms with E-state index in [-0.39, 0.29) is 21.8 Å². The Morgan fingerprint density at radius 3 is 2.75 bits per heavy atom. The van der Waals surface area contributed by atoms with E-state index in [4.69, 9.17) is 23.4 Å². The Hall–Kier alpha value is -2.65. The number of phenolic OH excluding ortho intramolecular Hbond substituents is 1. The third-order valence-corrected chi connectivity index (χ3v) is 3.33. The maximum absolute atomic E-state index is 9.59. The van der Waals surface area contributed by atoms with Gasteiger partial charge in [0.2, 0.25) is 0 Å². The van der Waals surface area contributed by atoms with Crippen molar-refractivity contribution in [3.63, 3.8) is 0 Å². The van der Waals surface area contributed by atoms with Crippen molar-refractivity contribution in [3.8, 4) is 22.9 Å². The number of H-pyrrole nitrogens is 1. The van der Waals surface area contributed by atoms with Gasteiger partial charge in [0, 0.05) is 17.3 Å². The number of benzene rings is 1. The van der Waals surface area contributed by atoms with Crippen molar-refractivity contribution < 1.29 is 5.11 Å². The third kappa shape index (κ3) is 2.15. The molecular formula is C14H12N4OS. The molecule has 0 fully saturated rings. The zero-order chi connectivity index (χ0) is 14.9. The van der Waals surface area contributed by atoms with Crippen molar-refractivity contribution in [2.24, 2.45) is 0 Å². The standard InChI is InChI=1S/C14H12N4OS/c1-7-4-8(2-3-11(7)19)12-9(5-15)13(17)18-14(20)10(12)6-16/h2-5,15,19H,1H3,(H3,17,18,20). The number of rotatable bonds is 2. The molecule has 0 saturated heterocycles. The Labute approximate surface area is 120 Å². The lowest BCUT2D eigenvalue weighted by Gasteiger charge is -2.12. The molecule has 0 aliphatic rings. The average molecular weight is 284 g/mol. The van der Waals surface area contributed by atoms with Crippen LogP contribution in [0, 0.1) is 28.3 Å². The van der Waals surface area contributed by atoms with Gasteiger partial charge in [-0.25, -0.2) is 0 Å². The molecule has 1 aromatic heterocycles. The number of hydrogen-bond donors (Lipinski definition) is 4. The van der Waals surface area contributed by atoms with Crippen molar-refractivity contribution in [2.75, 3.05) is 5.73 Å². The number of nitrogen functional groups attached to an aromatic ring is 1. The SMILES string of the molecule is Cc1cc(-c2c(C=N)c(N)[nH]c(=S)c2C#N)ccc1O. The Bertz CT molecular complexity index is 802. The molecule has 0 amide bonds. The highest BCUT2D eigenvalue weighted by atomic mass is 32.1. The zero-order valence-electron chi connectivity index (χ0n) is 10.7. The highest BCUT2D eigenvalue weighted by Crippen LogP contribution is 2.32. The summed E-state index contributed by atoms with van der Waals surface area (Å²) in [5.74, 6) is 0.405. The van der Waals surface area contributed by atoms with Gasteiger partial charge in [-0.15, -0.1) is 0 Å². The first-order chi connectivity index (χ1) is 9.49. The number of nitrogens with zero attached hydrogens (tertiary/aromatic N) is 1. The number of pyridine rings is 1. The van der Waals surface area contributed by atoms with Crippen molar-refractivity contribution in [3.05, 3.63) is 39.5 Å². The van der Waals surface area contributed by atoms with Crippen LogP contribution in [0.5, 0.6) is 5.75 Å². The third-order valence-electron chi connectivity index (χ3n) is 3.03. The molecule has 0 atom stereocenters. The zero-order valence-corrected chi connectivity index (χ0v) is 11.5. The molecule has 20 heavy (non-hydrogen) atoms. The van der Waals surface area contributed by atoms with Gasteiger partial charge in [0.15, 0.2) is 0 Å². The second-order valence-electron chi connectivity index (χ2n) is 4.29. The van der Waals surface area contributed by atoms with Crippen LogP contribution < -0.4 is 5.73 Å². The molecule has 0 aliphatic carbocycles. The van der Waals surface area contributed by atoms with E-state index in [1.165, 1.54) is 6.07 Å². The number of aromatic hydroxyl groups is 1. The Morgan fingerprint density at radius 2 is 2.20 bits per heavy atom. The maximum atomic E-state index is 9.59. The Kier molecular flexibility index (Phi) is 3.55. The van der Waals surface area contributed by atoms with E-state index in [0.717, 1.165) is 6.21 Å². The summed E-state index contributed by atoms with van der Waals surface area (Å²) in [5, 5.41) is 26.4. The summed E-state index contributed by atoms with van der Waals surface area (Å²) in [7, 11) is 0. The first-order valence-electron chi connectivity index (χ1n) is 5.76. The fourth-order valence-electron chi connectivity index (χ4n) is 2.00. The smallest absolute Gasteiger partial charge is 0.123 e. The van der Waals surface area contributed by atoms with E-state index in [1.807, 2.05) is 6.07 Å². The first-order valence-corrected chi connectivity index (χ1v) is 6.16. The average Bonchev–Trinajstić information content (AvgIpc) is 2.41. The Balaban J connectivity index is 2.91. The lowest BCUT2D eigenvalue weighted by molar-refractivity contribution is 0.471. The predicted octanol–water partition coefficient (Wildman–Crippen LogP) is 2.88. The fraction of sp³-hybridized carbons (Fsp3) is 0.0714. The summed E-state index contributed by atoms with van der Waals surface area (Å²) in [5.41, 5.74) is 8.35. The van der Waals surface area contributed by atoms with Gasteiger partial charge >= 0.3 is 0 Å². The molecule has 0 radical (unpaired) electrons. The van der Waals surface area contributed by atoms with Crippen molar-refractivity contribution >= 4 is 24.3 Å². The van der Waals surface area contributed by atoms with E-state index in [1.54, 1.807) is 19.1 Å². The second-order valence-corrected chi connectivity index (χ2v) is 4.70. The highest BCUT2D eigenvalue weighted by Gasteiger charge is 2.15. The summed E-state index contributed by atoms with van der Waals surface area (Å²) in [6.07, 6.45) is 1.08. The van der Waals surface area contributed by atoms with E-state index in [9.17, 15) is 10.4 Å². The number of hydrogen-bond acceptors (Lipinski definition) is 5. The van der Waals surface area contributed by atoms with Crippen molar-refractivity contribution in [1.29, 1.82) is 10.7 Å². The number of anilines is 1. The second kappa shape index (κ2) is 5.15. The van der Waals surface area contributed by atoms with Crippen LogP contribution in [0.4, 0.5) is 5.82 Å². The van der Waals surface area contributed by atoms with Crippen LogP contribution in [0.25, 0.3) is 11.1 Å². The van der Waals surface area contributed by atoms with Crippen molar-refractivity contribution in [2.45, 2.75) is 6.92 Å². The van der Waals surface area contributed by atoms with Gasteiger partial charge in [0.05, 0.1) is 5.56 Å². The van der Waals surface area contributed by atoms with E-state index >= 15 is 0 Å².